The van der Waals surface area contributed by atoms with E-state index in [9.17, 15) is 0 Å². The van der Waals surface area contributed by atoms with Crippen molar-refractivity contribution in [1.82, 2.24) is 15.3 Å². The monoisotopic (exact) mass is 249 g/mol. The highest BCUT2D eigenvalue weighted by molar-refractivity contribution is 5.17. The Morgan fingerprint density at radius 1 is 1.33 bits per heavy atom. The maximum Gasteiger partial charge on any atom is 0.316 e. The van der Waals surface area contributed by atoms with Gasteiger partial charge in [0.05, 0.1) is 0 Å². The molecule has 1 heterocycles. The SMILES string of the molecule is CNCc1cnc(OC2CCC(C)CC2)nc1C. The fourth-order valence-electron chi connectivity index (χ4n) is 2.39. The van der Waals surface area contributed by atoms with Crippen LogP contribution < -0.4 is 10.1 Å². The Bertz CT molecular complexity index is 387. The molecule has 18 heavy (non-hydrogen) atoms. The first-order chi connectivity index (χ1) is 8.69. The maximum absolute atomic E-state index is 5.87. The van der Waals surface area contributed by atoms with E-state index in [4.69, 9.17) is 4.74 Å². The summed E-state index contributed by atoms with van der Waals surface area (Å²) >= 11 is 0. The molecule has 4 nitrogen and oxygen atoms in total. The molecule has 0 atom stereocenters. The molecule has 1 aliphatic rings. The molecule has 1 aromatic rings. The van der Waals surface area contributed by atoms with Crippen LogP contribution in [0.2, 0.25) is 0 Å². The number of aryl methyl sites for hydroxylation is 1. The molecule has 0 amide bonds. The molecule has 1 fully saturated rings. The second-order valence-corrected chi connectivity index (χ2v) is 5.29. The fraction of sp³-hybridized carbons (Fsp3) is 0.714. The lowest BCUT2D eigenvalue weighted by Crippen LogP contribution is -2.24. The van der Waals surface area contributed by atoms with Crippen molar-refractivity contribution >= 4 is 0 Å². The van der Waals surface area contributed by atoms with E-state index in [1.807, 2.05) is 20.2 Å². The molecular formula is C14H23N3O. The minimum absolute atomic E-state index is 0.302. The van der Waals surface area contributed by atoms with Gasteiger partial charge in [-0.05, 0) is 45.6 Å². The van der Waals surface area contributed by atoms with E-state index in [1.54, 1.807) is 0 Å². The van der Waals surface area contributed by atoms with Crippen molar-refractivity contribution in [1.29, 1.82) is 0 Å². The molecule has 2 rings (SSSR count). The predicted molar refractivity (Wildman–Crippen MR) is 71.6 cm³/mol. The van der Waals surface area contributed by atoms with Crippen LogP contribution in [0.4, 0.5) is 0 Å². The van der Waals surface area contributed by atoms with E-state index in [1.165, 1.54) is 12.8 Å². The Morgan fingerprint density at radius 2 is 2.06 bits per heavy atom. The molecule has 0 bridgehead atoms. The molecule has 1 aliphatic carbocycles. The van der Waals surface area contributed by atoms with E-state index in [0.717, 1.165) is 36.6 Å². The molecule has 0 spiro atoms. The Morgan fingerprint density at radius 3 is 2.67 bits per heavy atom. The van der Waals surface area contributed by atoms with Crippen molar-refractivity contribution in [3.05, 3.63) is 17.5 Å². The summed E-state index contributed by atoms with van der Waals surface area (Å²) < 4.78 is 5.87. The zero-order valence-electron chi connectivity index (χ0n) is 11.6. The van der Waals surface area contributed by atoms with Gasteiger partial charge in [-0.2, -0.15) is 0 Å². The van der Waals surface area contributed by atoms with Gasteiger partial charge in [0.15, 0.2) is 0 Å². The summed E-state index contributed by atoms with van der Waals surface area (Å²) in [6, 6.07) is 0.534. The third-order valence-electron chi connectivity index (χ3n) is 3.66. The van der Waals surface area contributed by atoms with Gasteiger partial charge in [0.1, 0.15) is 6.10 Å². The van der Waals surface area contributed by atoms with E-state index in [-0.39, 0.29) is 0 Å². The van der Waals surface area contributed by atoms with Gasteiger partial charge in [0.2, 0.25) is 0 Å². The Hall–Kier alpha value is -1.16. The van der Waals surface area contributed by atoms with Crippen molar-refractivity contribution in [3.63, 3.8) is 0 Å². The average Bonchev–Trinajstić information content (AvgIpc) is 2.36. The molecule has 0 aromatic carbocycles. The number of hydrogen-bond acceptors (Lipinski definition) is 4. The van der Waals surface area contributed by atoms with Crippen LogP contribution in [0.1, 0.15) is 43.9 Å². The van der Waals surface area contributed by atoms with Gasteiger partial charge in [-0.3, -0.25) is 0 Å². The van der Waals surface area contributed by atoms with Gasteiger partial charge in [0, 0.05) is 24.0 Å². The van der Waals surface area contributed by atoms with Gasteiger partial charge in [-0.1, -0.05) is 6.92 Å². The normalized spacial score (nSPS) is 23.9. The highest BCUT2D eigenvalue weighted by Gasteiger charge is 2.20. The van der Waals surface area contributed by atoms with Crippen LogP contribution in [0.15, 0.2) is 6.20 Å². The van der Waals surface area contributed by atoms with Crippen molar-refractivity contribution in [3.8, 4) is 6.01 Å². The number of rotatable bonds is 4. The minimum Gasteiger partial charge on any atom is -0.460 e. The number of nitrogens with one attached hydrogen (secondary N) is 1. The molecule has 1 aromatic heterocycles. The van der Waals surface area contributed by atoms with E-state index in [2.05, 4.69) is 22.2 Å². The summed E-state index contributed by atoms with van der Waals surface area (Å²) in [7, 11) is 1.92. The van der Waals surface area contributed by atoms with Gasteiger partial charge in [-0.15, -0.1) is 0 Å². The Balaban J connectivity index is 1.95. The lowest BCUT2D eigenvalue weighted by Gasteiger charge is -2.26. The summed E-state index contributed by atoms with van der Waals surface area (Å²) in [6.07, 6.45) is 6.92. The van der Waals surface area contributed by atoms with Crippen LogP contribution in [0, 0.1) is 12.8 Å². The predicted octanol–water partition coefficient (Wildman–Crippen LogP) is 2.46. The topological polar surface area (TPSA) is 47.0 Å². The number of aromatic nitrogens is 2. The zero-order chi connectivity index (χ0) is 13.0. The van der Waals surface area contributed by atoms with Crippen molar-refractivity contribution < 1.29 is 4.74 Å². The average molecular weight is 249 g/mol. The lowest BCUT2D eigenvalue weighted by molar-refractivity contribution is 0.124. The molecular weight excluding hydrogens is 226 g/mol. The summed E-state index contributed by atoms with van der Waals surface area (Å²) in [5.41, 5.74) is 2.13. The molecule has 100 valence electrons. The second-order valence-electron chi connectivity index (χ2n) is 5.29. The number of ether oxygens (including phenoxy) is 1. The number of nitrogens with zero attached hydrogens (tertiary/aromatic N) is 2. The van der Waals surface area contributed by atoms with E-state index in [0.29, 0.717) is 12.1 Å². The van der Waals surface area contributed by atoms with Crippen molar-refractivity contribution in [2.24, 2.45) is 5.92 Å². The molecule has 1 saturated carbocycles. The number of hydrogen-bond donors (Lipinski definition) is 1. The highest BCUT2D eigenvalue weighted by atomic mass is 16.5. The third-order valence-corrected chi connectivity index (χ3v) is 3.66. The zero-order valence-corrected chi connectivity index (χ0v) is 11.6. The molecule has 4 heteroatoms. The van der Waals surface area contributed by atoms with E-state index >= 15 is 0 Å². The van der Waals surface area contributed by atoms with Crippen LogP contribution in [-0.2, 0) is 6.54 Å². The minimum atomic E-state index is 0.302. The first kappa shape index (κ1) is 13.3. The van der Waals surface area contributed by atoms with Gasteiger partial charge >= 0.3 is 6.01 Å². The summed E-state index contributed by atoms with van der Waals surface area (Å²) in [6.45, 7) is 5.11. The quantitative estimate of drug-likeness (QED) is 0.890. The Labute approximate surface area is 109 Å². The van der Waals surface area contributed by atoms with Gasteiger partial charge < -0.3 is 10.1 Å². The first-order valence-electron chi connectivity index (χ1n) is 6.82. The van der Waals surface area contributed by atoms with Crippen LogP contribution >= 0.6 is 0 Å². The standard InChI is InChI=1S/C14H23N3O/c1-10-4-6-13(7-5-10)18-14-16-9-12(8-15-3)11(2)17-14/h9-10,13,15H,4-8H2,1-3H3. The molecule has 1 N–H and O–H groups in total. The highest BCUT2D eigenvalue weighted by Crippen LogP contribution is 2.26. The molecule has 0 radical (unpaired) electrons. The largest absolute Gasteiger partial charge is 0.460 e. The summed E-state index contributed by atoms with van der Waals surface area (Å²) in [4.78, 5) is 8.73. The maximum atomic E-state index is 5.87. The van der Waals surface area contributed by atoms with Crippen molar-refractivity contribution in [2.45, 2.75) is 52.2 Å². The van der Waals surface area contributed by atoms with Crippen LogP contribution in [0.25, 0.3) is 0 Å². The summed E-state index contributed by atoms with van der Waals surface area (Å²) in [5, 5.41) is 3.11. The smallest absolute Gasteiger partial charge is 0.316 e. The van der Waals surface area contributed by atoms with Crippen molar-refractivity contribution in [2.75, 3.05) is 7.05 Å². The van der Waals surface area contributed by atoms with Crippen LogP contribution in [-0.4, -0.2) is 23.1 Å². The second kappa shape index (κ2) is 6.14. The van der Waals surface area contributed by atoms with E-state index < -0.39 is 0 Å². The Kier molecular flexibility index (Phi) is 4.53. The first-order valence-corrected chi connectivity index (χ1v) is 6.82. The third kappa shape index (κ3) is 3.42. The molecule has 0 aliphatic heterocycles. The van der Waals surface area contributed by atoms with Crippen LogP contribution in [0.5, 0.6) is 6.01 Å². The lowest BCUT2D eigenvalue weighted by atomic mass is 9.89. The molecule has 0 saturated heterocycles. The van der Waals surface area contributed by atoms with Gasteiger partial charge in [0.25, 0.3) is 0 Å². The van der Waals surface area contributed by atoms with Crippen LogP contribution in [0.3, 0.4) is 0 Å². The molecule has 0 unspecified atom stereocenters. The summed E-state index contributed by atoms with van der Waals surface area (Å²) in [5.74, 6) is 0.838. The van der Waals surface area contributed by atoms with Gasteiger partial charge in [-0.25, -0.2) is 9.97 Å². The fourth-order valence-corrected chi connectivity index (χ4v) is 2.39.